The summed E-state index contributed by atoms with van der Waals surface area (Å²) in [6, 6.07) is 9.91. The Morgan fingerprint density at radius 2 is 1.79 bits per heavy atom. The highest BCUT2D eigenvalue weighted by Gasteiger charge is 2.58. The lowest BCUT2D eigenvalue weighted by atomic mass is 9.44. The fraction of sp³-hybridized carbons (Fsp3) is 0.656. The van der Waals surface area contributed by atoms with Crippen molar-refractivity contribution < 1.29 is 0 Å². The zero-order valence-electron chi connectivity index (χ0n) is 22.0. The van der Waals surface area contributed by atoms with E-state index < -0.39 is 0 Å². The smallest absolute Gasteiger partial charge is 0.0346 e. The van der Waals surface area contributed by atoms with Crippen molar-refractivity contribution in [1.29, 1.82) is 0 Å². The summed E-state index contributed by atoms with van der Waals surface area (Å²) in [5.74, 6) is 3.57. The molecule has 1 N–H and O–H groups in total. The summed E-state index contributed by atoms with van der Waals surface area (Å²) in [5, 5.41) is 6.52. The Hall–Kier alpha value is -1.67. The second kappa shape index (κ2) is 7.92. The molecular formula is C32H44N2. The predicted octanol–water partition coefficient (Wildman–Crippen LogP) is 8.03. The minimum absolute atomic E-state index is 0.229. The van der Waals surface area contributed by atoms with Gasteiger partial charge in [0.1, 0.15) is 0 Å². The van der Waals surface area contributed by atoms with Crippen LogP contribution in [0.3, 0.4) is 0 Å². The van der Waals surface area contributed by atoms with Crippen LogP contribution in [0.1, 0.15) is 91.5 Å². The molecule has 0 radical (unpaired) electrons. The van der Waals surface area contributed by atoms with E-state index in [-0.39, 0.29) is 5.54 Å². The number of allylic oxidation sites excluding steroid dienone is 2. The van der Waals surface area contributed by atoms with E-state index in [1.807, 2.05) is 12.4 Å². The number of hydrogen-bond donors (Lipinski definition) is 1. The summed E-state index contributed by atoms with van der Waals surface area (Å²) >= 11 is 0. The van der Waals surface area contributed by atoms with Gasteiger partial charge in [0.25, 0.3) is 0 Å². The van der Waals surface area contributed by atoms with Gasteiger partial charge in [-0.2, -0.15) is 0 Å². The van der Waals surface area contributed by atoms with Crippen LogP contribution in [0.5, 0.6) is 0 Å². The Kier molecular flexibility index (Phi) is 5.30. The van der Waals surface area contributed by atoms with Crippen LogP contribution in [0, 0.1) is 34.5 Å². The number of nitrogens with zero attached hydrogens (tertiary/aromatic N) is 1. The fourth-order valence-corrected chi connectivity index (χ4v) is 9.27. The van der Waals surface area contributed by atoms with Crippen molar-refractivity contribution in [3.8, 4) is 0 Å². The standard InChI is InChI=1S/C32H44N2/c1-30(2,3)34-25-12-15-31(4)24(19-25)8-9-26-28-11-10-27(32(28,5)16-13-29(26)31)22-7-6-21-14-17-33-20-23(21)18-22/h6-7,10,14,17-18,20,24-26,28-29,34H,8-9,11-13,15-16,19H2,1-5H3/t24-,25-,26-,28-,29-,31-,32+/m0/s1. The maximum absolute atomic E-state index is 4.38. The van der Waals surface area contributed by atoms with E-state index in [0.29, 0.717) is 16.9 Å². The van der Waals surface area contributed by atoms with E-state index >= 15 is 0 Å². The summed E-state index contributed by atoms with van der Waals surface area (Å²) in [6.45, 7) is 12.3. The van der Waals surface area contributed by atoms with Crippen LogP contribution in [-0.4, -0.2) is 16.6 Å². The van der Waals surface area contributed by atoms with Crippen LogP contribution >= 0.6 is 0 Å². The molecule has 0 spiro atoms. The quantitative estimate of drug-likeness (QED) is 0.495. The van der Waals surface area contributed by atoms with E-state index in [1.165, 1.54) is 67.7 Å². The second-order valence-electron chi connectivity index (χ2n) is 13.8. The summed E-state index contributed by atoms with van der Waals surface area (Å²) < 4.78 is 0. The van der Waals surface area contributed by atoms with Gasteiger partial charge < -0.3 is 5.32 Å². The van der Waals surface area contributed by atoms with Crippen LogP contribution in [0.4, 0.5) is 0 Å². The first-order valence-electron chi connectivity index (χ1n) is 14.0. The Bertz CT molecular complexity index is 1110. The van der Waals surface area contributed by atoms with E-state index in [4.69, 9.17) is 0 Å². The van der Waals surface area contributed by atoms with Crippen molar-refractivity contribution in [3.63, 3.8) is 0 Å². The minimum Gasteiger partial charge on any atom is -0.309 e. The SMILES string of the molecule is CC(C)(C)N[C@H]1CC[C@@]2(C)[C@@H](CC[C@@H]3[C@@H]2CC[C@]2(C)C(c4ccc5ccncc5c4)=CC[C@@H]32)C1. The molecule has 1 aromatic heterocycles. The molecule has 1 aromatic carbocycles. The highest BCUT2D eigenvalue weighted by molar-refractivity contribution is 5.86. The highest BCUT2D eigenvalue weighted by Crippen LogP contribution is 2.67. The lowest BCUT2D eigenvalue weighted by molar-refractivity contribution is -0.101. The van der Waals surface area contributed by atoms with Crippen LogP contribution < -0.4 is 5.32 Å². The van der Waals surface area contributed by atoms with Gasteiger partial charge >= 0.3 is 0 Å². The molecule has 182 valence electrons. The zero-order chi connectivity index (χ0) is 23.7. The van der Waals surface area contributed by atoms with Crippen LogP contribution in [-0.2, 0) is 0 Å². The van der Waals surface area contributed by atoms with Crippen molar-refractivity contribution in [2.75, 3.05) is 0 Å². The third-order valence-electron chi connectivity index (χ3n) is 10.8. The van der Waals surface area contributed by atoms with E-state index in [9.17, 15) is 0 Å². The lowest BCUT2D eigenvalue weighted by Crippen LogP contribution is -2.56. The fourth-order valence-electron chi connectivity index (χ4n) is 9.27. The van der Waals surface area contributed by atoms with Crippen molar-refractivity contribution in [1.82, 2.24) is 10.3 Å². The maximum atomic E-state index is 4.38. The average Bonchev–Trinajstić information content (AvgIpc) is 3.15. The van der Waals surface area contributed by atoms with Gasteiger partial charge in [0.2, 0.25) is 0 Å². The van der Waals surface area contributed by atoms with E-state index in [0.717, 1.165) is 23.7 Å². The molecule has 0 amide bonds. The molecule has 1 heterocycles. The molecule has 0 saturated heterocycles. The van der Waals surface area contributed by atoms with Gasteiger partial charge in [0.15, 0.2) is 0 Å². The number of rotatable bonds is 2. The molecule has 0 bridgehead atoms. The topological polar surface area (TPSA) is 24.9 Å². The van der Waals surface area contributed by atoms with Crippen LogP contribution in [0.2, 0.25) is 0 Å². The van der Waals surface area contributed by atoms with Crippen LogP contribution in [0.25, 0.3) is 16.3 Å². The first-order valence-corrected chi connectivity index (χ1v) is 14.0. The Morgan fingerprint density at radius 3 is 2.62 bits per heavy atom. The minimum atomic E-state index is 0.229. The number of hydrogen-bond acceptors (Lipinski definition) is 2. The second-order valence-corrected chi connectivity index (χ2v) is 13.8. The third kappa shape index (κ3) is 3.58. The number of fused-ring (bicyclic) bond motifs is 6. The molecule has 0 aliphatic heterocycles. The van der Waals surface area contributed by atoms with Gasteiger partial charge in [-0.25, -0.2) is 0 Å². The van der Waals surface area contributed by atoms with Gasteiger partial charge in [-0.05, 0) is 135 Å². The van der Waals surface area contributed by atoms with Gasteiger partial charge in [0.05, 0.1) is 0 Å². The molecule has 7 atom stereocenters. The molecule has 0 unspecified atom stereocenters. The normalized spacial score (nSPS) is 39.8. The monoisotopic (exact) mass is 456 g/mol. The number of nitrogens with one attached hydrogen (secondary N) is 1. The van der Waals surface area contributed by atoms with Crippen LogP contribution in [0.15, 0.2) is 42.7 Å². The molecular weight excluding hydrogens is 412 g/mol. The first kappa shape index (κ1) is 22.8. The Morgan fingerprint density at radius 1 is 0.941 bits per heavy atom. The Balaban J connectivity index is 1.23. The average molecular weight is 457 g/mol. The molecule has 2 aromatic rings. The first-order chi connectivity index (χ1) is 16.2. The Labute approximate surface area is 207 Å². The van der Waals surface area contributed by atoms with Gasteiger partial charge in [0, 0.05) is 29.4 Å². The molecule has 34 heavy (non-hydrogen) atoms. The van der Waals surface area contributed by atoms with Crippen molar-refractivity contribution >= 4 is 16.3 Å². The van der Waals surface area contributed by atoms with Gasteiger partial charge in [-0.3, -0.25) is 4.98 Å². The van der Waals surface area contributed by atoms with Gasteiger partial charge in [-0.15, -0.1) is 0 Å². The molecule has 2 heteroatoms. The number of aromatic nitrogens is 1. The molecule has 4 aliphatic rings. The summed E-state index contributed by atoms with van der Waals surface area (Å²) in [6.07, 6.45) is 17.7. The highest BCUT2D eigenvalue weighted by atomic mass is 15.0. The summed E-state index contributed by atoms with van der Waals surface area (Å²) in [5.41, 5.74) is 4.19. The molecule has 3 fully saturated rings. The summed E-state index contributed by atoms with van der Waals surface area (Å²) in [4.78, 5) is 4.38. The molecule has 2 nitrogen and oxygen atoms in total. The molecule has 4 aliphatic carbocycles. The summed E-state index contributed by atoms with van der Waals surface area (Å²) in [7, 11) is 0. The molecule has 3 saturated carbocycles. The third-order valence-corrected chi connectivity index (χ3v) is 10.8. The predicted molar refractivity (Wildman–Crippen MR) is 144 cm³/mol. The van der Waals surface area contributed by atoms with Crippen molar-refractivity contribution in [3.05, 3.63) is 48.3 Å². The number of pyridine rings is 1. The van der Waals surface area contributed by atoms with E-state index in [1.54, 1.807) is 5.57 Å². The van der Waals surface area contributed by atoms with Gasteiger partial charge in [-0.1, -0.05) is 32.1 Å². The van der Waals surface area contributed by atoms with Crippen molar-refractivity contribution in [2.24, 2.45) is 34.5 Å². The van der Waals surface area contributed by atoms with E-state index in [2.05, 4.69) is 75.3 Å². The lowest BCUT2D eigenvalue weighted by Gasteiger charge is -2.61. The molecule has 6 rings (SSSR count). The largest absolute Gasteiger partial charge is 0.309 e. The number of benzene rings is 1. The zero-order valence-corrected chi connectivity index (χ0v) is 22.0. The maximum Gasteiger partial charge on any atom is 0.0346 e. The van der Waals surface area contributed by atoms with Crippen molar-refractivity contribution in [2.45, 2.75) is 97.6 Å².